The van der Waals surface area contributed by atoms with Crippen LogP contribution in [0.25, 0.3) is 0 Å². The van der Waals surface area contributed by atoms with Crippen LogP contribution in [0.5, 0.6) is 0 Å². The van der Waals surface area contributed by atoms with Gasteiger partial charge >= 0.3 is 0 Å². The average Bonchev–Trinajstić information content (AvgIpc) is 2.58. The number of hydrogen-bond acceptors (Lipinski definition) is 4. The lowest BCUT2D eigenvalue weighted by atomic mass is 10.2. The zero-order chi connectivity index (χ0) is 15.8. The first kappa shape index (κ1) is 15.7. The van der Waals surface area contributed by atoms with Crippen LogP contribution in [0.4, 0.5) is 5.82 Å². The Labute approximate surface area is 130 Å². The highest BCUT2D eigenvalue weighted by atomic mass is 16.2. The van der Waals surface area contributed by atoms with Gasteiger partial charge in [0.05, 0.1) is 0 Å². The Bertz CT molecular complexity index is 610. The summed E-state index contributed by atoms with van der Waals surface area (Å²) in [5.41, 5.74) is 1.44. The first-order valence-corrected chi connectivity index (χ1v) is 7.26. The molecule has 0 unspecified atom stereocenters. The molecule has 0 atom stereocenters. The maximum Gasteiger partial charge on any atom is 0.274 e. The molecule has 1 amide bonds. The van der Waals surface area contributed by atoms with Gasteiger partial charge in [-0.15, -0.1) is 16.8 Å². The minimum atomic E-state index is -0.117. The van der Waals surface area contributed by atoms with Crippen molar-refractivity contribution in [1.29, 1.82) is 0 Å². The van der Waals surface area contributed by atoms with Crippen LogP contribution in [0.2, 0.25) is 0 Å². The lowest BCUT2D eigenvalue weighted by molar-refractivity contribution is 0.0745. The number of rotatable bonds is 7. The Morgan fingerprint density at radius 3 is 2.59 bits per heavy atom. The molecule has 0 aliphatic heterocycles. The van der Waals surface area contributed by atoms with E-state index >= 15 is 0 Å². The second-order valence-electron chi connectivity index (χ2n) is 4.78. The quantitative estimate of drug-likeness (QED) is 0.798. The maximum atomic E-state index is 12.5. The Hall–Kier alpha value is -2.69. The van der Waals surface area contributed by atoms with E-state index in [0.29, 0.717) is 31.1 Å². The number of amides is 1. The standard InChI is InChI=1S/C17H20N4O/c1-3-12-18-16-11-10-15(19-20-16)17(22)21(4-2)13-14-8-6-5-7-9-14/h3,5-11H,1,4,12-13H2,2H3,(H,18,20). The monoisotopic (exact) mass is 296 g/mol. The third-order valence-electron chi connectivity index (χ3n) is 3.20. The molecule has 1 N–H and O–H groups in total. The van der Waals surface area contributed by atoms with Crippen molar-refractivity contribution in [1.82, 2.24) is 15.1 Å². The molecular weight excluding hydrogens is 276 g/mol. The van der Waals surface area contributed by atoms with Crippen molar-refractivity contribution in [2.75, 3.05) is 18.4 Å². The first-order chi connectivity index (χ1) is 10.7. The van der Waals surface area contributed by atoms with Gasteiger partial charge in [0.15, 0.2) is 5.69 Å². The number of nitrogens with one attached hydrogen (secondary N) is 1. The van der Waals surface area contributed by atoms with Gasteiger partial charge in [-0.25, -0.2) is 0 Å². The number of carbonyl (C=O) groups is 1. The van der Waals surface area contributed by atoms with Gasteiger partial charge in [-0.3, -0.25) is 4.79 Å². The Balaban J connectivity index is 2.06. The lowest BCUT2D eigenvalue weighted by Crippen LogP contribution is -2.31. The molecule has 0 radical (unpaired) electrons. The van der Waals surface area contributed by atoms with Gasteiger partial charge in [0.2, 0.25) is 0 Å². The predicted octanol–water partition coefficient (Wildman–Crippen LogP) is 2.74. The SMILES string of the molecule is C=CCNc1ccc(C(=O)N(CC)Cc2ccccc2)nn1. The van der Waals surface area contributed by atoms with E-state index in [1.54, 1.807) is 23.1 Å². The number of nitrogens with zero attached hydrogens (tertiary/aromatic N) is 3. The van der Waals surface area contributed by atoms with Crippen LogP contribution in [0.1, 0.15) is 23.0 Å². The zero-order valence-electron chi connectivity index (χ0n) is 12.7. The van der Waals surface area contributed by atoms with Crippen LogP contribution in [-0.2, 0) is 6.54 Å². The fraction of sp³-hybridized carbons (Fsp3) is 0.235. The van der Waals surface area contributed by atoms with Gasteiger partial charge in [0.1, 0.15) is 5.82 Å². The van der Waals surface area contributed by atoms with Crippen molar-refractivity contribution >= 4 is 11.7 Å². The summed E-state index contributed by atoms with van der Waals surface area (Å²) in [6.07, 6.45) is 1.74. The summed E-state index contributed by atoms with van der Waals surface area (Å²) in [6.45, 7) is 7.37. The van der Waals surface area contributed by atoms with Gasteiger partial charge in [-0.1, -0.05) is 36.4 Å². The highest BCUT2D eigenvalue weighted by Gasteiger charge is 2.16. The molecule has 2 aromatic rings. The third kappa shape index (κ3) is 4.15. The lowest BCUT2D eigenvalue weighted by Gasteiger charge is -2.20. The fourth-order valence-electron chi connectivity index (χ4n) is 2.01. The Kier molecular flexibility index (Phi) is 5.65. The second kappa shape index (κ2) is 7.93. The van der Waals surface area contributed by atoms with E-state index in [2.05, 4.69) is 22.1 Å². The molecule has 0 saturated heterocycles. The Morgan fingerprint density at radius 2 is 2.00 bits per heavy atom. The summed E-state index contributed by atoms with van der Waals surface area (Å²) in [4.78, 5) is 14.2. The van der Waals surface area contributed by atoms with Gasteiger partial charge < -0.3 is 10.2 Å². The number of hydrogen-bond donors (Lipinski definition) is 1. The van der Waals surface area contributed by atoms with Crippen LogP contribution < -0.4 is 5.32 Å². The van der Waals surface area contributed by atoms with Crippen molar-refractivity contribution in [2.45, 2.75) is 13.5 Å². The molecule has 5 heteroatoms. The molecule has 22 heavy (non-hydrogen) atoms. The molecule has 1 aromatic heterocycles. The second-order valence-corrected chi connectivity index (χ2v) is 4.78. The maximum absolute atomic E-state index is 12.5. The molecule has 114 valence electrons. The molecule has 5 nitrogen and oxygen atoms in total. The molecular formula is C17H20N4O. The van der Waals surface area contributed by atoms with Crippen molar-refractivity contribution in [3.63, 3.8) is 0 Å². The summed E-state index contributed by atoms with van der Waals surface area (Å²) in [5.74, 6) is 0.511. The molecule has 1 aromatic carbocycles. The van der Waals surface area contributed by atoms with Crippen LogP contribution in [0.3, 0.4) is 0 Å². The summed E-state index contributed by atoms with van der Waals surface area (Å²) >= 11 is 0. The van der Waals surface area contributed by atoms with Crippen molar-refractivity contribution in [3.05, 3.63) is 66.4 Å². The summed E-state index contributed by atoms with van der Waals surface area (Å²) in [5, 5.41) is 11.0. The minimum Gasteiger partial charge on any atom is -0.365 e. The topological polar surface area (TPSA) is 58.1 Å². The normalized spacial score (nSPS) is 10.0. The Morgan fingerprint density at radius 1 is 1.23 bits per heavy atom. The van der Waals surface area contributed by atoms with E-state index in [9.17, 15) is 4.79 Å². The van der Waals surface area contributed by atoms with Crippen molar-refractivity contribution in [3.8, 4) is 0 Å². The van der Waals surface area contributed by atoms with Gasteiger partial charge in [-0.05, 0) is 24.6 Å². The van der Waals surface area contributed by atoms with Crippen molar-refractivity contribution in [2.24, 2.45) is 0 Å². The highest BCUT2D eigenvalue weighted by molar-refractivity contribution is 5.92. The number of aromatic nitrogens is 2. The molecule has 0 spiro atoms. The number of anilines is 1. The average molecular weight is 296 g/mol. The number of benzene rings is 1. The fourth-order valence-corrected chi connectivity index (χ4v) is 2.01. The van der Waals surface area contributed by atoms with Gasteiger partial charge in [0, 0.05) is 19.6 Å². The largest absolute Gasteiger partial charge is 0.365 e. The summed E-state index contributed by atoms with van der Waals surface area (Å²) in [6, 6.07) is 13.3. The summed E-state index contributed by atoms with van der Waals surface area (Å²) in [7, 11) is 0. The molecule has 0 aliphatic carbocycles. The first-order valence-electron chi connectivity index (χ1n) is 7.26. The smallest absolute Gasteiger partial charge is 0.274 e. The van der Waals surface area contributed by atoms with Crippen molar-refractivity contribution < 1.29 is 4.79 Å². The molecule has 0 fully saturated rings. The molecule has 0 saturated carbocycles. The minimum absolute atomic E-state index is 0.117. The van der Waals surface area contributed by atoms with E-state index in [1.807, 2.05) is 37.3 Å². The van der Waals surface area contributed by atoms with Gasteiger partial charge in [-0.2, -0.15) is 0 Å². The van der Waals surface area contributed by atoms with Crippen LogP contribution in [-0.4, -0.2) is 34.1 Å². The zero-order valence-corrected chi connectivity index (χ0v) is 12.7. The predicted molar refractivity (Wildman–Crippen MR) is 87.6 cm³/mol. The van der Waals surface area contributed by atoms with E-state index in [0.717, 1.165) is 5.56 Å². The van der Waals surface area contributed by atoms with E-state index in [1.165, 1.54) is 0 Å². The van der Waals surface area contributed by atoms with E-state index in [-0.39, 0.29) is 5.91 Å². The van der Waals surface area contributed by atoms with Crippen LogP contribution in [0, 0.1) is 0 Å². The summed E-state index contributed by atoms with van der Waals surface area (Å²) < 4.78 is 0. The number of carbonyl (C=O) groups excluding carboxylic acids is 1. The molecule has 0 bridgehead atoms. The van der Waals surface area contributed by atoms with Gasteiger partial charge in [0.25, 0.3) is 5.91 Å². The van der Waals surface area contributed by atoms with Crippen LogP contribution >= 0.6 is 0 Å². The van der Waals surface area contributed by atoms with Crippen LogP contribution in [0.15, 0.2) is 55.1 Å². The van der Waals surface area contributed by atoms with E-state index in [4.69, 9.17) is 0 Å². The molecule has 2 rings (SSSR count). The molecule has 0 aliphatic rings. The third-order valence-corrected chi connectivity index (χ3v) is 3.20. The molecule has 1 heterocycles. The highest BCUT2D eigenvalue weighted by Crippen LogP contribution is 2.09. The van der Waals surface area contributed by atoms with E-state index < -0.39 is 0 Å².